The number of carbonyl (C=O) groups is 1. The molecule has 2 aromatic carbocycles. The van der Waals surface area contributed by atoms with Gasteiger partial charge in [-0.25, -0.2) is 9.18 Å². The first-order chi connectivity index (χ1) is 20.3. The highest BCUT2D eigenvalue weighted by molar-refractivity contribution is 5.77. The molecule has 1 aliphatic carbocycles. The number of amides is 2. The van der Waals surface area contributed by atoms with E-state index in [0.29, 0.717) is 45.1 Å². The fourth-order valence-electron chi connectivity index (χ4n) is 6.17. The van der Waals surface area contributed by atoms with Crippen LogP contribution in [0.5, 0.6) is 17.2 Å². The summed E-state index contributed by atoms with van der Waals surface area (Å²) in [6.45, 7) is 8.59. The summed E-state index contributed by atoms with van der Waals surface area (Å²) >= 11 is 0. The maximum atomic E-state index is 14.0. The molecule has 9 heteroatoms. The van der Waals surface area contributed by atoms with E-state index in [0.717, 1.165) is 45.2 Å². The third kappa shape index (κ3) is 6.56. The second-order valence-electron chi connectivity index (χ2n) is 12.5. The first kappa shape index (κ1) is 30.6. The molecule has 2 fully saturated rings. The zero-order chi connectivity index (χ0) is 31.1. The van der Waals surface area contributed by atoms with Gasteiger partial charge in [0, 0.05) is 56.6 Å². The summed E-state index contributed by atoms with van der Waals surface area (Å²) in [7, 11) is 3.53. The molecule has 0 radical (unpaired) electrons. The second kappa shape index (κ2) is 12.0. The van der Waals surface area contributed by atoms with E-state index in [9.17, 15) is 19.1 Å². The van der Waals surface area contributed by atoms with E-state index in [1.54, 1.807) is 58.0 Å². The maximum absolute atomic E-state index is 14.0. The number of hydrogen-bond acceptors (Lipinski definition) is 5. The molecule has 0 bridgehead atoms. The number of urea groups is 1. The fourth-order valence-corrected chi connectivity index (χ4v) is 6.17. The zero-order valence-corrected chi connectivity index (χ0v) is 25.9. The van der Waals surface area contributed by atoms with E-state index in [4.69, 9.17) is 9.47 Å². The van der Waals surface area contributed by atoms with Crippen molar-refractivity contribution in [2.24, 2.45) is 7.05 Å². The Bertz CT molecular complexity index is 1550. The fraction of sp³-hybridized carbons (Fsp3) is 0.471. The van der Waals surface area contributed by atoms with Crippen LogP contribution in [0.25, 0.3) is 11.1 Å². The Kier molecular flexibility index (Phi) is 8.56. The van der Waals surface area contributed by atoms with Crippen LogP contribution < -0.4 is 15.0 Å². The van der Waals surface area contributed by atoms with Crippen molar-refractivity contribution in [2.75, 3.05) is 20.1 Å². The topological polar surface area (TPSA) is 84.2 Å². The number of aryl methyl sites for hydroxylation is 3. The van der Waals surface area contributed by atoms with E-state index in [-0.39, 0.29) is 29.6 Å². The third-order valence-corrected chi connectivity index (χ3v) is 8.65. The predicted octanol–water partition coefficient (Wildman–Crippen LogP) is 6.28. The number of benzene rings is 2. The average molecular weight is 592 g/mol. The van der Waals surface area contributed by atoms with Crippen LogP contribution in [0.3, 0.4) is 0 Å². The Balaban J connectivity index is 1.48. The summed E-state index contributed by atoms with van der Waals surface area (Å²) in [5.74, 6) is 1.14. The Morgan fingerprint density at radius 3 is 2.23 bits per heavy atom. The Morgan fingerprint density at radius 2 is 1.58 bits per heavy atom. The van der Waals surface area contributed by atoms with Crippen molar-refractivity contribution in [3.05, 3.63) is 75.5 Å². The maximum Gasteiger partial charge on any atom is 0.319 e. The highest BCUT2D eigenvalue weighted by Gasteiger charge is 2.33. The molecule has 1 saturated carbocycles. The summed E-state index contributed by atoms with van der Waals surface area (Å²) in [5, 5.41) is 10.9. The van der Waals surface area contributed by atoms with Crippen molar-refractivity contribution >= 4 is 6.03 Å². The lowest BCUT2D eigenvalue weighted by Crippen LogP contribution is -2.53. The van der Waals surface area contributed by atoms with Crippen molar-refractivity contribution in [1.29, 1.82) is 0 Å². The first-order valence-electron chi connectivity index (χ1n) is 15.0. The lowest BCUT2D eigenvalue weighted by molar-refractivity contribution is 0.0749. The van der Waals surface area contributed by atoms with Crippen LogP contribution in [0.15, 0.2) is 47.4 Å². The highest BCUT2D eigenvalue weighted by atomic mass is 19.1. The van der Waals surface area contributed by atoms with E-state index in [2.05, 4.69) is 0 Å². The van der Waals surface area contributed by atoms with E-state index >= 15 is 0 Å². The molecule has 1 aliphatic heterocycles. The molecule has 1 aromatic heterocycles. The largest absolute Gasteiger partial charge is 0.490 e. The minimum atomic E-state index is -1.13. The second-order valence-corrected chi connectivity index (χ2v) is 12.5. The number of aromatic nitrogens is 1. The summed E-state index contributed by atoms with van der Waals surface area (Å²) in [6.07, 6.45) is 5.75. The average Bonchev–Trinajstić information content (AvgIpc) is 2.94. The highest BCUT2D eigenvalue weighted by Crippen LogP contribution is 2.42. The van der Waals surface area contributed by atoms with Crippen LogP contribution in [0.2, 0.25) is 0 Å². The molecule has 2 aliphatic rings. The Hall–Kier alpha value is -3.85. The molecule has 3 aromatic rings. The number of pyridine rings is 1. The van der Waals surface area contributed by atoms with E-state index in [1.807, 2.05) is 18.0 Å². The van der Waals surface area contributed by atoms with E-state index < -0.39 is 5.60 Å². The summed E-state index contributed by atoms with van der Waals surface area (Å²) in [5.41, 5.74) is 1.93. The van der Waals surface area contributed by atoms with Crippen molar-refractivity contribution in [3.63, 3.8) is 0 Å². The minimum absolute atomic E-state index is 0.0929. The third-order valence-electron chi connectivity index (χ3n) is 8.65. The van der Waals surface area contributed by atoms with Gasteiger partial charge in [0.05, 0.1) is 11.7 Å². The number of rotatable bonds is 7. The summed E-state index contributed by atoms with van der Waals surface area (Å²) in [4.78, 5) is 29.3. The van der Waals surface area contributed by atoms with Crippen LogP contribution in [-0.4, -0.2) is 57.8 Å². The standard InChI is InChI=1S/C34H42FN3O5/c1-21-16-24(35)17-22(2)32(21)43-29-13-8-23(34(3,4)41)18-27(29)28-20-37(6)31(39)19-30(28)42-26-11-9-25(10-12-26)38-15-7-14-36(5)33(38)40/h8,13,16-20,25-26,41H,7,9-12,14-15H2,1-6H3/t25-,26-. The zero-order valence-electron chi connectivity index (χ0n) is 25.9. The molecule has 230 valence electrons. The summed E-state index contributed by atoms with van der Waals surface area (Å²) < 4.78 is 28.5. The van der Waals surface area contributed by atoms with E-state index in [1.165, 1.54) is 22.8 Å². The van der Waals surface area contributed by atoms with Gasteiger partial charge in [0.25, 0.3) is 5.56 Å². The number of nitrogens with zero attached hydrogens (tertiary/aromatic N) is 3. The number of halogens is 1. The molecule has 5 rings (SSSR count). The first-order valence-corrected chi connectivity index (χ1v) is 15.0. The predicted molar refractivity (Wildman–Crippen MR) is 164 cm³/mol. The van der Waals surface area contributed by atoms with Gasteiger partial charge in [-0.1, -0.05) is 6.07 Å². The van der Waals surface area contributed by atoms with Gasteiger partial charge in [-0.2, -0.15) is 0 Å². The monoisotopic (exact) mass is 591 g/mol. The molecule has 0 atom stereocenters. The van der Waals surface area contributed by atoms with Crippen molar-refractivity contribution < 1.29 is 23.8 Å². The van der Waals surface area contributed by atoms with Crippen LogP contribution in [0, 0.1) is 19.7 Å². The number of ether oxygens (including phenoxy) is 2. The minimum Gasteiger partial charge on any atom is -0.490 e. The number of aliphatic hydroxyl groups is 1. The molecule has 8 nitrogen and oxygen atoms in total. The smallest absolute Gasteiger partial charge is 0.319 e. The molecule has 0 spiro atoms. The summed E-state index contributed by atoms with van der Waals surface area (Å²) in [6, 6.07) is 10.1. The Labute approximate surface area is 252 Å². The van der Waals surface area contributed by atoms with Gasteiger partial charge in [-0.3, -0.25) is 4.79 Å². The van der Waals surface area contributed by atoms with Gasteiger partial charge in [-0.05, 0) is 101 Å². The van der Waals surface area contributed by atoms with Crippen LogP contribution in [-0.2, 0) is 12.6 Å². The SMILES string of the molecule is Cc1cc(F)cc(C)c1Oc1ccc(C(C)(C)O)cc1-c1cn(C)c(=O)cc1O[C@H]1CC[C@H](N2CCCN(C)C2=O)CC1. The molecule has 2 heterocycles. The van der Waals surface area contributed by atoms with Crippen LogP contribution in [0.1, 0.15) is 62.6 Å². The van der Waals surface area contributed by atoms with Gasteiger partial charge in [0.15, 0.2) is 0 Å². The van der Waals surface area contributed by atoms with Crippen molar-refractivity contribution in [1.82, 2.24) is 14.4 Å². The normalized spacial score (nSPS) is 19.5. The van der Waals surface area contributed by atoms with Crippen molar-refractivity contribution in [3.8, 4) is 28.4 Å². The van der Waals surface area contributed by atoms with Crippen LogP contribution >= 0.6 is 0 Å². The molecule has 0 unspecified atom stereocenters. The quantitative estimate of drug-likeness (QED) is 0.350. The molecule has 1 saturated heterocycles. The van der Waals surface area contributed by atoms with Gasteiger partial charge in [-0.15, -0.1) is 0 Å². The van der Waals surface area contributed by atoms with Gasteiger partial charge >= 0.3 is 6.03 Å². The molecule has 1 N–H and O–H groups in total. The van der Waals surface area contributed by atoms with Gasteiger partial charge in [0.2, 0.25) is 0 Å². The van der Waals surface area contributed by atoms with Gasteiger partial charge in [0.1, 0.15) is 23.1 Å². The van der Waals surface area contributed by atoms with Gasteiger partial charge < -0.3 is 28.9 Å². The molecule has 43 heavy (non-hydrogen) atoms. The number of carbonyl (C=O) groups excluding carboxylic acids is 1. The van der Waals surface area contributed by atoms with Crippen LogP contribution in [0.4, 0.5) is 9.18 Å². The van der Waals surface area contributed by atoms with Crippen molar-refractivity contribution in [2.45, 2.75) is 77.5 Å². The lowest BCUT2D eigenvalue weighted by Gasteiger charge is -2.41. The Morgan fingerprint density at radius 1 is 0.907 bits per heavy atom. The lowest BCUT2D eigenvalue weighted by atomic mass is 9.91. The molecular formula is C34H42FN3O5. The molecule has 2 amide bonds. The molecular weight excluding hydrogens is 549 g/mol. The number of hydrogen-bond donors (Lipinski definition) is 1.